The molecule has 4 heteroatoms. The number of nitrogens with two attached hydrogens (primary N) is 1. The molecular formula is C11H17ClN2O. The second kappa shape index (κ2) is 3.71. The number of anilines is 1. The molecule has 2 rings (SSSR count). The maximum atomic E-state index is 6.09. The van der Waals surface area contributed by atoms with E-state index in [2.05, 4.69) is 19.0 Å². The minimum atomic E-state index is 0.230. The average molecular weight is 229 g/mol. The molecule has 1 aliphatic carbocycles. The Morgan fingerprint density at radius 3 is 2.73 bits per heavy atom. The van der Waals surface area contributed by atoms with Crippen molar-refractivity contribution in [2.75, 3.05) is 5.73 Å². The van der Waals surface area contributed by atoms with Gasteiger partial charge in [-0.2, -0.15) is 0 Å². The molecule has 0 aromatic carbocycles. The normalized spacial score (nSPS) is 25.4. The molecule has 0 aliphatic heterocycles. The second-order valence-corrected chi connectivity index (χ2v) is 5.41. The average Bonchev–Trinajstić information content (AvgIpc) is 2.48. The van der Waals surface area contributed by atoms with Gasteiger partial charge in [-0.25, -0.2) is 0 Å². The van der Waals surface area contributed by atoms with E-state index in [9.17, 15) is 0 Å². The second-order valence-electron chi connectivity index (χ2n) is 5.03. The summed E-state index contributed by atoms with van der Waals surface area (Å²) in [6, 6.07) is 0. The monoisotopic (exact) mass is 228 g/mol. The van der Waals surface area contributed by atoms with Crippen LogP contribution in [0.3, 0.4) is 0 Å². The van der Waals surface area contributed by atoms with Crippen LogP contribution in [0.15, 0.2) is 4.52 Å². The fraction of sp³-hybridized carbons (Fsp3) is 0.727. The highest BCUT2D eigenvalue weighted by Crippen LogP contribution is 2.49. The van der Waals surface area contributed by atoms with Crippen molar-refractivity contribution in [3.63, 3.8) is 0 Å². The van der Waals surface area contributed by atoms with E-state index in [1.54, 1.807) is 0 Å². The van der Waals surface area contributed by atoms with Crippen molar-refractivity contribution in [3.8, 4) is 0 Å². The predicted octanol–water partition coefficient (Wildman–Crippen LogP) is 3.59. The number of nitrogens with zero attached hydrogens (tertiary/aromatic N) is 1. The van der Waals surface area contributed by atoms with Crippen LogP contribution in [0.5, 0.6) is 0 Å². The van der Waals surface area contributed by atoms with Crippen LogP contribution in [-0.4, -0.2) is 5.16 Å². The summed E-state index contributed by atoms with van der Waals surface area (Å²) in [7, 11) is 0. The van der Waals surface area contributed by atoms with Gasteiger partial charge >= 0.3 is 0 Å². The van der Waals surface area contributed by atoms with Crippen molar-refractivity contribution < 1.29 is 4.52 Å². The zero-order valence-corrected chi connectivity index (χ0v) is 9.97. The Morgan fingerprint density at radius 1 is 1.47 bits per heavy atom. The van der Waals surface area contributed by atoms with Crippen LogP contribution in [0, 0.1) is 5.41 Å². The SMILES string of the molecule is CC1(C)CCCCC1c1onc(N)c1Cl. The molecule has 15 heavy (non-hydrogen) atoms. The van der Waals surface area contributed by atoms with Crippen LogP contribution in [0.2, 0.25) is 5.02 Å². The number of aromatic nitrogens is 1. The van der Waals surface area contributed by atoms with Crippen LogP contribution >= 0.6 is 11.6 Å². The largest absolute Gasteiger partial charge is 0.380 e. The molecule has 0 amide bonds. The Morgan fingerprint density at radius 2 is 2.20 bits per heavy atom. The van der Waals surface area contributed by atoms with Crippen LogP contribution in [0.4, 0.5) is 5.82 Å². The van der Waals surface area contributed by atoms with E-state index in [4.69, 9.17) is 21.9 Å². The molecule has 0 spiro atoms. The van der Waals surface area contributed by atoms with Gasteiger partial charge in [0.25, 0.3) is 0 Å². The summed E-state index contributed by atoms with van der Waals surface area (Å²) in [4.78, 5) is 0. The molecule has 1 saturated carbocycles. The number of hydrogen-bond acceptors (Lipinski definition) is 3. The van der Waals surface area contributed by atoms with Gasteiger partial charge < -0.3 is 10.3 Å². The van der Waals surface area contributed by atoms with Crippen LogP contribution in [-0.2, 0) is 0 Å². The number of hydrogen-bond donors (Lipinski definition) is 1. The number of rotatable bonds is 1. The molecule has 0 radical (unpaired) electrons. The van der Waals surface area contributed by atoms with Gasteiger partial charge in [0.2, 0.25) is 0 Å². The Bertz CT molecular complexity index is 359. The maximum absolute atomic E-state index is 6.09. The first-order valence-electron chi connectivity index (χ1n) is 5.43. The molecular weight excluding hydrogens is 212 g/mol. The molecule has 3 nitrogen and oxygen atoms in total. The molecule has 1 fully saturated rings. The van der Waals surface area contributed by atoms with E-state index in [-0.39, 0.29) is 5.41 Å². The fourth-order valence-corrected chi connectivity index (χ4v) is 2.70. The smallest absolute Gasteiger partial charge is 0.186 e. The lowest BCUT2D eigenvalue weighted by atomic mass is 9.68. The molecule has 84 valence electrons. The molecule has 0 saturated heterocycles. The molecule has 1 aromatic rings. The van der Waals surface area contributed by atoms with E-state index in [0.29, 0.717) is 16.8 Å². The number of nitrogen functional groups attached to an aromatic ring is 1. The van der Waals surface area contributed by atoms with Gasteiger partial charge in [-0.3, -0.25) is 0 Å². The maximum Gasteiger partial charge on any atom is 0.186 e. The van der Waals surface area contributed by atoms with Gasteiger partial charge in [0.1, 0.15) is 5.02 Å². The van der Waals surface area contributed by atoms with E-state index >= 15 is 0 Å². The third-order valence-corrected chi connectivity index (χ3v) is 3.89. The summed E-state index contributed by atoms with van der Waals surface area (Å²) in [6.07, 6.45) is 4.83. The zero-order chi connectivity index (χ0) is 11.1. The van der Waals surface area contributed by atoms with Crippen molar-refractivity contribution >= 4 is 17.4 Å². The van der Waals surface area contributed by atoms with Gasteiger partial charge in [0.15, 0.2) is 11.6 Å². The standard InChI is InChI=1S/C11H17ClN2O/c1-11(2)6-4-3-5-7(11)9-8(12)10(13)14-15-9/h7H,3-6H2,1-2H3,(H2,13,14). The molecule has 1 unspecified atom stereocenters. The quantitative estimate of drug-likeness (QED) is 0.799. The van der Waals surface area contributed by atoms with Crippen molar-refractivity contribution in [3.05, 3.63) is 10.8 Å². The van der Waals surface area contributed by atoms with Crippen LogP contribution < -0.4 is 5.73 Å². The highest BCUT2D eigenvalue weighted by Gasteiger charge is 2.37. The predicted molar refractivity (Wildman–Crippen MR) is 60.9 cm³/mol. The lowest BCUT2D eigenvalue weighted by molar-refractivity contribution is 0.169. The van der Waals surface area contributed by atoms with Crippen molar-refractivity contribution in [2.24, 2.45) is 5.41 Å². The topological polar surface area (TPSA) is 52.0 Å². The van der Waals surface area contributed by atoms with Crippen molar-refractivity contribution in [2.45, 2.75) is 45.4 Å². The fourth-order valence-electron chi connectivity index (χ4n) is 2.50. The summed E-state index contributed by atoms with van der Waals surface area (Å²) >= 11 is 6.09. The Hall–Kier alpha value is -0.700. The van der Waals surface area contributed by atoms with Crippen LogP contribution in [0.1, 0.15) is 51.2 Å². The van der Waals surface area contributed by atoms with Crippen molar-refractivity contribution in [1.82, 2.24) is 5.16 Å². The lowest BCUT2D eigenvalue weighted by Crippen LogP contribution is -2.25. The first kappa shape index (κ1) is 10.8. The summed E-state index contributed by atoms with van der Waals surface area (Å²) in [5, 5.41) is 4.24. The third-order valence-electron chi connectivity index (χ3n) is 3.51. The molecule has 1 aromatic heterocycles. The molecule has 1 aliphatic rings. The highest BCUT2D eigenvalue weighted by atomic mass is 35.5. The van der Waals surface area contributed by atoms with Gasteiger partial charge in [0.05, 0.1) is 0 Å². The van der Waals surface area contributed by atoms with Gasteiger partial charge in [-0.1, -0.05) is 43.4 Å². The Labute approximate surface area is 95.0 Å². The van der Waals surface area contributed by atoms with Crippen LogP contribution in [0.25, 0.3) is 0 Å². The van der Waals surface area contributed by atoms with Crippen molar-refractivity contribution in [1.29, 1.82) is 0 Å². The Kier molecular flexibility index (Phi) is 2.67. The van der Waals surface area contributed by atoms with Gasteiger partial charge in [-0.15, -0.1) is 0 Å². The number of halogens is 1. The molecule has 0 bridgehead atoms. The third kappa shape index (κ3) is 1.85. The van der Waals surface area contributed by atoms with E-state index in [0.717, 1.165) is 12.2 Å². The van der Waals surface area contributed by atoms with Gasteiger partial charge in [0, 0.05) is 5.92 Å². The van der Waals surface area contributed by atoms with E-state index in [1.165, 1.54) is 19.3 Å². The van der Waals surface area contributed by atoms with E-state index in [1.807, 2.05) is 0 Å². The molecule has 1 atom stereocenters. The van der Waals surface area contributed by atoms with Gasteiger partial charge in [-0.05, 0) is 18.3 Å². The lowest BCUT2D eigenvalue weighted by Gasteiger charge is -2.37. The first-order chi connectivity index (χ1) is 7.02. The summed E-state index contributed by atoms with van der Waals surface area (Å²) in [6.45, 7) is 4.51. The molecule has 2 N–H and O–H groups in total. The minimum Gasteiger partial charge on any atom is -0.380 e. The molecule has 1 heterocycles. The van der Waals surface area contributed by atoms with E-state index < -0.39 is 0 Å². The first-order valence-corrected chi connectivity index (χ1v) is 5.81. The Balaban J connectivity index is 2.33. The summed E-state index contributed by atoms with van der Waals surface area (Å²) in [5.74, 6) is 1.44. The summed E-state index contributed by atoms with van der Waals surface area (Å²) in [5.41, 5.74) is 5.83. The minimum absolute atomic E-state index is 0.230. The highest BCUT2D eigenvalue weighted by molar-refractivity contribution is 6.33. The zero-order valence-electron chi connectivity index (χ0n) is 9.22. The summed E-state index contributed by atoms with van der Waals surface area (Å²) < 4.78 is 5.26.